The quantitative estimate of drug-likeness (QED) is 0.853. The molecule has 120 valence electrons. The summed E-state index contributed by atoms with van der Waals surface area (Å²) in [6.45, 7) is 0. The van der Waals surface area contributed by atoms with Crippen LogP contribution in [0.3, 0.4) is 0 Å². The van der Waals surface area contributed by atoms with Crippen LogP contribution in [-0.2, 0) is 9.59 Å². The molecule has 0 saturated carbocycles. The summed E-state index contributed by atoms with van der Waals surface area (Å²) in [5.41, 5.74) is 1.01. The van der Waals surface area contributed by atoms with E-state index < -0.39 is 0 Å². The van der Waals surface area contributed by atoms with E-state index in [1.54, 1.807) is 0 Å². The Balaban J connectivity index is 1.69. The van der Waals surface area contributed by atoms with Crippen molar-refractivity contribution < 1.29 is 18.4 Å². The first-order chi connectivity index (χ1) is 11.0. The molecule has 0 fully saturated rings. The fourth-order valence-electron chi connectivity index (χ4n) is 1.92. The minimum absolute atomic E-state index is 0.175. The second kappa shape index (κ2) is 8.03. The Bertz CT molecular complexity index is 610. The summed E-state index contributed by atoms with van der Waals surface area (Å²) in [6, 6.07) is 10.9. The van der Waals surface area contributed by atoms with E-state index in [-0.39, 0.29) is 36.3 Å². The molecule has 4 nitrogen and oxygen atoms in total. The van der Waals surface area contributed by atoms with E-state index >= 15 is 0 Å². The summed E-state index contributed by atoms with van der Waals surface area (Å²) in [4.78, 5) is 23.4. The Morgan fingerprint density at radius 3 is 1.39 bits per heavy atom. The molecule has 0 atom stereocenters. The van der Waals surface area contributed by atoms with Crippen molar-refractivity contribution in [1.29, 1.82) is 0 Å². The Hall–Kier alpha value is -2.76. The molecular formula is C17H16F2N2O2. The highest BCUT2D eigenvalue weighted by Crippen LogP contribution is 2.11. The lowest BCUT2D eigenvalue weighted by Crippen LogP contribution is -2.14. The Labute approximate surface area is 132 Å². The minimum Gasteiger partial charge on any atom is -0.326 e. The van der Waals surface area contributed by atoms with E-state index in [2.05, 4.69) is 10.6 Å². The SMILES string of the molecule is O=C(CCCC(=O)Nc1ccc(F)cc1)Nc1ccc(F)cc1. The lowest BCUT2D eigenvalue weighted by Gasteiger charge is -2.06. The summed E-state index contributed by atoms with van der Waals surface area (Å²) in [5, 5.41) is 5.24. The van der Waals surface area contributed by atoms with Gasteiger partial charge < -0.3 is 10.6 Å². The van der Waals surface area contributed by atoms with Gasteiger partial charge >= 0.3 is 0 Å². The first kappa shape index (κ1) is 16.6. The maximum atomic E-state index is 12.7. The lowest BCUT2D eigenvalue weighted by molar-refractivity contribution is -0.117. The van der Waals surface area contributed by atoms with Crippen molar-refractivity contribution in [2.24, 2.45) is 0 Å². The molecule has 0 heterocycles. The Morgan fingerprint density at radius 2 is 1.04 bits per heavy atom. The zero-order chi connectivity index (χ0) is 16.7. The maximum Gasteiger partial charge on any atom is 0.224 e. The van der Waals surface area contributed by atoms with Crippen molar-refractivity contribution in [2.75, 3.05) is 10.6 Å². The number of anilines is 2. The second-order valence-electron chi connectivity index (χ2n) is 4.96. The highest BCUT2D eigenvalue weighted by molar-refractivity contribution is 5.92. The average Bonchev–Trinajstić information content (AvgIpc) is 2.52. The number of halogens is 2. The van der Waals surface area contributed by atoms with E-state index in [4.69, 9.17) is 0 Å². The number of amides is 2. The molecule has 0 bridgehead atoms. The molecule has 0 saturated heterocycles. The third-order valence-corrected chi connectivity index (χ3v) is 3.06. The summed E-state index contributed by atoms with van der Waals surface area (Å²) in [6.07, 6.45) is 0.725. The monoisotopic (exact) mass is 318 g/mol. The van der Waals surface area contributed by atoms with Gasteiger partial charge in [-0.3, -0.25) is 9.59 Å². The van der Waals surface area contributed by atoms with Gasteiger partial charge in [-0.1, -0.05) is 0 Å². The van der Waals surface area contributed by atoms with Gasteiger partial charge in [-0.25, -0.2) is 8.78 Å². The predicted molar refractivity (Wildman–Crippen MR) is 83.9 cm³/mol. The molecule has 2 amide bonds. The normalized spacial score (nSPS) is 10.2. The number of hydrogen-bond acceptors (Lipinski definition) is 2. The summed E-state index contributed by atoms with van der Waals surface area (Å²) in [5.74, 6) is -1.24. The average molecular weight is 318 g/mol. The molecule has 0 spiro atoms. The first-order valence-electron chi connectivity index (χ1n) is 7.14. The van der Waals surface area contributed by atoms with E-state index in [1.165, 1.54) is 48.5 Å². The molecule has 2 rings (SSSR count). The number of carbonyl (C=O) groups excluding carboxylic acids is 2. The topological polar surface area (TPSA) is 58.2 Å². The fraction of sp³-hybridized carbons (Fsp3) is 0.176. The Morgan fingerprint density at radius 1 is 0.696 bits per heavy atom. The van der Waals surface area contributed by atoms with Gasteiger partial charge in [0.1, 0.15) is 11.6 Å². The molecule has 2 aromatic rings. The van der Waals surface area contributed by atoms with Crippen molar-refractivity contribution in [3.05, 3.63) is 60.2 Å². The minimum atomic E-state index is -0.375. The smallest absolute Gasteiger partial charge is 0.224 e. The van der Waals surface area contributed by atoms with Crippen LogP contribution in [-0.4, -0.2) is 11.8 Å². The van der Waals surface area contributed by atoms with Gasteiger partial charge in [0.25, 0.3) is 0 Å². The van der Waals surface area contributed by atoms with Crippen LogP contribution in [0.1, 0.15) is 19.3 Å². The number of carbonyl (C=O) groups is 2. The van der Waals surface area contributed by atoms with Gasteiger partial charge in [0.2, 0.25) is 11.8 Å². The van der Waals surface area contributed by atoms with Crippen LogP contribution < -0.4 is 10.6 Å². The molecule has 0 aromatic heterocycles. The van der Waals surface area contributed by atoms with Gasteiger partial charge in [0.15, 0.2) is 0 Å². The van der Waals surface area contributed by atoms with Gasteiger partial charge in [-0.15, -0.1) is 0 Å². The van der Waals surface area contributed by atoms with Gasteiger partial charge in [-0.2, -0.15) is 0 Å². The van der Waals surface area contributed by atoms with E-state index in [0.717, 1.165) is 0 Å². The first-order valence-corrected chi connectivity index (χ1v) is 7.14. The molecule has 0 unspecified atom stereocenters. The van der Waals surface area contributed by atoms with Crippen molar-refractivity contribution in [3.63, 3.8) is 0 Å². The van der Waals surface area contributed by atoms with Gasteiger partial charge in [0.05, 0.1) is 0 Å². The molecular weight excluding hydrogens is 302 g/mol. The Kier molecular flexibility index (Phi) is 5.80. The number of rotatable bonds is 6. The van der Waals surface area contributed by atoms with Crippen molar-refractivity contribution in [2.45, 2.75) is 19.3 Å². The number of benzene rings is 2. The highest BCUT2D eigenvalue weighted by Gasteiger charge is 2.06. The molecule has 0 aliphatic carbocycles. The molecule has 0 radical (unpaired) electrons. The molecule has 6 heteroatoms. The summed E-state index contributed by atoms with van der Waals surface area (Å²) >= 11 is 0. The zero-order valence-electron chi connectivity index (χ0n) is 12.3. The van der Waals surface area contributed by atoms with Crippen LogP contribution >= 0.6 is 0 Å². The van der Waals surface area contributed by atoms with Crippen LogP contribution in [0.25, 0.3) is 0 Å². The van der Waals surface area contributed by atoms with Crippen molar-refractivity contribution >= 4 is 23.2 Å². The molecule has 2 aromatic carbocycles. The van der Waals surface area contributed by atoms with Crippen LogP contribution in [0.2, 0.25) is 0 Å². The van der Waals surface area contributed by atoms with Crippen molar-refractivity contribution in [3.8, 4) is 0 Å². The predicted octanol–water partition coefficient (Wildman–Crippen LogP) is 3.71. The number of hydrogen-bond donors (Lipinski definition) is 2. The van der Waals surface area contributed by atoms with E-state index in [0.29, 0.717) is 17.8 Å². The third kappa shape index (κ3) is 5.86. The van der Waals surface area contributed by atoms with Crippen LogP contribution in [0.15, 0.2) is 48.5 Å². The van der Waals surface area contributed by atoms with Crippen LogP contribution in [0.4, 0.5) is 20.2 Å². The summed E-state index contributed by atoms with van der Waals surface area (Å²) < 4.78 is 25.5. The van der Waals surface area contributed by atoms with Gasteiger partial charge in [-0.05, 0) is 55.0 Å². The van der Waals surface area contributed by atoms with Gasteiger partial charge in [0, 0.05) is 24.2 Å². The zero-order valence-corrected chi connectivity index (χ0v) is 12.3. The summed E-state index contributed by atoms with van der Waals surface area (Å²) in [7, 11) is 0. The fourth-order valence-corrected chi connectivity index (χ4v) is 1.92. The highest BCUT2D eigenvalue weighted by atomic mass is 19.1. The second-order valence-corrected chi connectivity index (χ2v) is 4.96. The standard InChI is InChI=1S/C17H16F2N2O2/c18-12-4-8-14(9-5-12)20-16(22)2-1-3-17(23)21-15-10-6-13(19)7-11-15/h4-11H,1-3H2,(H,20,22)(H,21,23). The largest absolute Gasteiger partial charge is 0.326 e. The van der Waals surface area contributed by atoms with Crippen LogP contribution in [0, 0.1) is 11.6 Å². The van der Waals surface area contributed by atoms with Crippen molar-refractivity contribution in [1.82, 2.24) is 0 Å². The van der Waals surface area contributed by atoms with E-state index in [9.17, 15) is 18.4 Å². The molecule has 2 N–H and O–H groups in total. The third-order valence-electron chi connectivity index (χ3n) is 3.06. The number of nitrogens with one attached hydrogen (secondary N) is 2. The lowest BCUT2D eigenvalue weighted by atomic mass is 10.2. The molecule has 23 heavy (non-hydrogen) atoms. The molecule has 0 aliphatic rings. The van der Waals surface area contributed by atoms with E-state index in [1.807, 2.05) is 0 Å². The van der Waals surface area contributed by atoms with Crippen LogP contribution in [0.5, 0.6) is 0 Å². The molecule has 0 aliphatic heterocycles. The maximum absolute atomic E-state index is 12.7.